The first-order valence-corrected chi connectivity index (χ1v) is 7.94. The second-order valence-electron chi connectivity index (χ2n) is 5.64. The van der Waals surface area contributed by atoms with Crippen molar-refractivity contribution >= 4 is 23.5 Å². The van der Waals surface area contributed by atoms with Gasteiger partial charge in [0.15, 0.2) is 0 Å². The summed E-state index contributed by atoms with van der Waals surface area (Å²) < 4.78 is 5.80. The number of halogens is 1. The van der Waals surface area contributed by atoms with Crippen molar-refractivity contribution in [2.75, 3.05) is 38.7 Å². The summed E-state index contributed by atoms with van der Waals surface area (Å²) in [5.41, 5.74) is 1.20. The van der Waals surface area contributed by atoms with Crippen LogP contribution in [-0.2, 0) is 4.74 Å². The van der Waals surface area contributed by atoms with Gasteiger partial charge in [0, 0.05) is 39.2 Å². The van der Waals surface area contributed by atoms with Gasteiger partial charge in [-0.05, 0) is 12.1 Å². The van der Waals surface area contributed by atoms with E-state index in [1.807, 2.05) is 25.1 Å². The second kappa shape index (κ2) is 7.11. The molecule has 1 aliphatic heterocycles. The number of morpholine rings is 1. The molecule has 2 aromatic heterocycles. The van der Waals surface area contributed by atoms with E-state index in [2.05, 4.69) is 15.0 Å². The number of hydrogen-bond donors (Lipinski definition) is 0. The fourth-order valence-electron chi connectivity index (χ4n) is 2.49. The van der Waals surface area contributed by atoms with Crippen LogP contribution in [0.25, 0.3) is 0 Å². The van der Waals surface area contributed by atoms with Crippen LogP contribution in [0, 0.1) is 0 Å². The summed E-state index contributed by atoms with van der Waals surface area (Å²) >= 11 is 6.08. The minimum Gasteiger partial charge on any atom is -0.368 e. The number of amides is 1. The topological polar surface area (TPSA) is 71.5 Å². The Morgan fingerprint density at radius 3 is 2.96 bits per heavy atom. The number of nitrogens with zero attached hydrogens (tertiary/aromatic N) is 5. The van der Waals surface area contributed by atoms with Gasteiger partial charge in [-0.25, -0.2) is 9.97 Å². The highest BCUT2D eigenvalue weighted by atomic mass is 35.5. The summed E-state index contributed by atoms with van der Waals surface area (Å²) in [5.74, 6) is 0.481. The van der Waals surface area contributed by atoms with Crippen LogP contribution in [0.3, 0.4) is 0 Å². The van der Waals surface area contributed by atoms with Gasteiger partial charge < -0.3 is 14.5 Å². The molecule has 0 aliphatic carbocycles. The van der Waals surface area contributed by atoms with E-state index < -0.39 is 0 Å². The first kappa shape index (κ1) is 16.6. The van der Waals surface area contributed by atoms with Crippen molar-refractivity contribution in [2.45, 2.75) is 6.10 Å². The monoisotopic (exact) mass is 347 g/mol. The third-order valence-corrected chi connectivity index (χ3v) is 4.05. The Kier molecular flexibility index (Phi) is 4.92. The summed E-state index contributed by atoms with van der Waals surface area (Å²) in [5, 5.41) is 0.350. The zero-order valence-electron chi connectivity index (χ0n) is 13.5. The average Bonchev–Trinajstić information content (AvgIpc) is 2.62. The van der Waals surface area contributed by atoms with Crippen molar-refractivity contribution < 1.29 is 9.53 Å². The van der Waals surface area contributed by atoms with Crippen LogP contribution in [-0.4, -0.2) is 59.6 Å². The van der Waals surface area contributed by atoms with Gasteiger partial charge >= 0.3 is 0 Å². The highest BCUT2D eigenvalue weighted by molar-refractivity contribution is 6.33. The quantitative estimate of drug-likeness (QED) is 0.843. The Morgan fingerprint density at radius 2 is 2.21 bits per heavy atom. The van der Waals surface area contributed by atoms with E-state index in [0.717, 1.165) is 5.69 Å². The predicted octanol–water partition coefficient (Wildman–Crippen LogP) is 1.80. The molecular formula is C16H18ClN5O2. The summed E-state index contributed by atoms with van der Waals surface area (Å²) in [6.07, 6.45) is 4.44. The summed E-state index contributed by atoms with van der Waals surface area (Å²) in [6, 6.07) is 3.44. The Balaban J connectivity index is 1.78. The van der Waals surface area contributed by atoms with Crippen LogP contribution in [0.2, 0.25) is 5.02 Å². The number of ether oxygens (including phenoxy) is 1. The largest absolute Gasteiger partial charge is 0.368 e. The summed E-state index contributed by atoms with van der Waals surface area (Å²) in [4.78, 5) is 28.9. The maximum atomic E-state index is 12.7. The average molecular weight is 348 g/mol. The fourth-order valence-corrected chi connectivity index (χ4v) is 2.69. The van der Waals surface area contributed by atoms with E-state index in [4.69, 9.17) is 16.3 Å². The van der Waals surface area contributed by atoms with E-state index in [1.165, 1.54) is 6.20 Å². The minimum absolute atomic E-state index is 0.127. The van der Waals surface area contributed by atoms with Gasteiger partial charge in [-0.15, -0.1) is 0 Å². The Labute approximate surface area is 145 Å². The number of rotatable bonds is 3. The van der Waals surface area contributed by atoms with Crippen LogP contribution in [0.15, 0.2) is 30.7 Å². The van der Waals surface area contributed by atoms with Crippen LogP contribution in [0.4, 0.5) is 5.95 Å². The predicted molar refractivity (Wildman–Crippen MR) is 90.2 cm³/mol. The molecule has 2 aromatic rings. The van der Waals surface area contributed by atoms with Gasteiger partial charge in [0.05, 0.1) is 29.4 Å². The maximum absolute atomic E-state index is 12.7. The van der Waals surface area contributed by atoms with E-state index in [-0.39, 0.29) is 12.0 Å². The second-order valence-corrected chi connectivity index (χ2v) is 6.05. The zero-order valence-corrected chi connectivity index (χ0v) is 14.3. The highest BCUT2D eigenvalue weighted by Gasteiger charge is 2.28. The Bertz CT molecular complexity index is 740. The minimum atomic E-state index is -0.287. The van der Waals surface area contributed by atoms with E-state index in [1.54, 1.807) is 23.4 Å². The van der Waals surface area contributed by atoms with E-state index in [9.17, 15) is 4.79 Å². The van der Waals surface area contributed by atoms with Crippen molar-refractivity contribution in [3.63, 3.8) is 0 Å². The molecule has 0 unspecified atom stereocenters. The standard InChI is InChI=1S/C16H18ClN5O2/c1-21(2)16-19-6-4-13(20-16)14-10-22(7-8-24-14)15(23)11-3-5-18-9-12(11)17/h3-6,9,14H,7-8,10H2,1-2H3/t14-/m1/s1. The summed E-state index contributed by atoms with van der Waals surface area (Å²) in [7, 11) is 3.75. The molecule has 126 valence electrons. The van der Waals surface area contributed by atoms with Crippen molar-refractivity contribution in [3.8, 4) is 0 Å². The lowest BCUT2D eigenvalue weighted by Gasteiger charge is -2.33. The van der Waals surface area contributed by atoms with Crippen LogP contribution in [0.1, 0.15) is 22.2 Å². The van der Waals surface area contributed by atoms with E-state index in [0.29, 0.717) is 36.2 Å². The third kappa shape index (κ3) is 3.47. The van der Waals surface area contributed by atoms with Gasteiger partial charge in [-0.3, -0.25) is 9.78 Å². The van der Waals surface area contributed by atoms with Crippen molar-refractivity contribution in [2.24, 2.45) is 0 Å². The Morgan fingerprint density at radius 1 is 1.38 bits per heavy atom. The van der Waals surface area contributed by atoms with Gasteiger partial charge in [-0.1, -0.05) is 11.6 Å². The lowest BCUT2D eigenvalue weighted by Crippen LogP contribution is -2.42. The lowest BCUT2D eigenvalue weighted by molar-refractivity contribution is -0.0247. The smallest absolute Gasteiger partial charge is 0.255 e. The summed E-state index contributed by atoms with van der Waals surface area (Å²) in [6.45, 7) is 1.38. The maximum Gasteiger partial charge on any atom is 0.255 e. The van der Waals surface area contributed by atoms with Gasteiger partial charge in [0.25, 0.3) is 5.91 Å². The number of aromatic nitrogens is 3. The SMILES string of the molecule is CN(C)c1nccc([C@H]2CN(C(=O)c3ccncc3Cl)CCO2)n1. The number of anilines is 1. The highest BCUT2D eigenvalue weighted by Crippen LogP contribution is 2.24. The van der Waals surface area contributed by atoms with Crippen molar-refractivity contribution in [1.82, 2.24) is 19.9 Å². The number of pyridine rings is 1. The lowest BCUT2D eigenvalue weighted by atomic mass is 10.1. The number of carbonyl (C=O) groups is 1. The van der Waals surface area contributed by atoms with Gasteiger partial charge in [-0.2, -0.15) is 0 Å². The Hall–Kier alpha value is -2.25. The molecule has 0 aromatic carbocycles. The molecule has 1 saturated heterocycles. The van der Waals surface area contributed by atoms with Gasteiger partial charge in [0.2, 0.25) is 5.95 Å². The molecule has 0 bridgehead atoms. The first-order valence-electron chi connectivity index (χ1n) is 7.57. The van der Waals surface area contributed by atoms with Crippen molar-refractivity contribution in [3.05, 3.63) is 47.0 Å². The molecule has 24 heavy (non-hydrogen) atoms. The van der Waals surface area contributed by atoms with E-state index >= 15 is 0 Å². The zero-order chi connectivity index (χ0) is 17.1. The van der Waals surface area contributed by atoms with Crippen LogP contribution >= 0.6 is 11.6 Å². The molecule has 0 spiro atoms. The normalized spacial score (nSPS) is 17.6. The molecule has 1 aliphatic rings. The van der Waals surface area contributed by atoms with Crippen LogP contribution in [0.5, 0.6) is 0 Å². The molecule has 1 atom stereocenters. The molecule has 3 rings (SSSR count). The molecule has 0 N–H and O–H groups in total. The molecule has 7 nitrogen and oxygen atoms in total. The van der Waals surface area contributed by atoms with Crippen LogP contribution < -0.4 is 4.90 Å². The molecule has 0 radical (unpaired) electrons. The molecule has 1 fully saturated rings. The molecule has 8 heteroatoms. The number of hydrogen-bond acceptors (Lipinski definition) is 6. The first-order chi connectivity index (χ1) is 11.6. The molecule has 1 amide bonds. The number of carbonyl (C=O) groups excluding carboxylic acids is 1. The molecule has 0 saturated carbocycles. The van der Waals surface area contributed by atoms with Crippen molar-refractivity contribution in [1.29, 1.82) is 0 Å². The van der Waals surface area contributed by atoms with Gasteiger partial charge in [0.1, 0.15) is 6.10 Å². The molecule has 3 heterocycles. The fraction of sp³-hybridized carbons (Fsp3) is 0.375. The molecular weight excluding hydrogens is 330 g/mol. The third-order valence-electron chi connectivity index (χ3n) is 3.75.